The topological polar surface area (TPSA) is 59.0 Å². The van der Waals surface area contributed by atoms with Gasteiger partial charge in [0, 0.05) is 12.0 Å². The van der Waals surface area contributed by atoms with Crippen molar-refractivity contribution in [3.8, 4) is 11.5 Å². The van der Waals surface area contributed by atoms with E-state index < -0.39 is 5.60 Å². The standard InChI is InChI=1S/C24H31NO4/c1-23(2,3)29-22(27)25-15-14-19(25)16-28-21-12-8-18(9-13-21)24(4,5)17-6-10-20(26)11-7-17/h6-13,19,26H,14-16H2,1-5H3/t19-/m0/s1. The number of amides is 1. The fourth-order valence-electron chi connectivity index (χ4n) is 3.38. The van der Waals surface area contributed by atoms with Crippen molar-refractivity contribution >= 4 is 6.09 Å². The Kier molecular flexibility index (Phi) is 5.78. The number of phenolic OH excluding ortho intramolecular Hbond substituents is 1. The van der Waals surface area contributed by atoms with Gasteiger partial charge in [0.1, 0.15) is 23.7 Å². The lowest BCUT2D eigenvalue weighted by Gasteiger charge is -2.41. The summed E-state index contributed by atoms with van der Waals surface area (Å²) in [5, 5.41) is 9.52. The number of phenols is 1. The molecule has 1 aliphatic heterocycles. The zero-order chi connectivity index (χ0) is 21.2. The van der Waals surface area contributed by atoms with Gasteiger partial charge in [0.15, 0.2) is 0 Å². The lowest BCUT2D eigenvalue weighted by Crippen LogP contribution is -2.55. The summed E-state index contributed by atoms with van der Waals surface area (Å²) in [7, 11) is 0. The zero-order valence-electron chi connectivity index (χ0n) is 17.9. The Morgan fingerprint density at radius 2 is 1.55 bits per heavy atom. The third-order valence-corrected chi connectivity index (χ3v) is 5.38. The Labute approximate surface area is 173 Å². The number of benzene rings is 2. The van der Waals surface area contributed by atoms with Gasteiger partial charge in [-0.25, -0.2) is 4.79 Å². The second kappa shape index (κ2) is 7.97. The van der Waals surface area contributed by atoms with Gasteiger partial charge in [-0.05, 0) is 62.6 Å². The molecule has 0 radical (unpaired) electrons. The Bertz CT molecular complexity index is 835. The number of nitrogens with zero attached hydrogens (tertiary/aromatic N) is 1. The van der Waals surface area contributed by atoms with E-state index in [1.54, 1.807) is 17.0 Å². The fraction of sp³-hybridized carbons (Fsp3) is 0.458. The molecule has 1 fully saturated rings. The van der Waals surface area contributed by atoms with E-state index in [1.807, 2.05) is 45.0 Å². The lowest BCUT2D eigenvalue weighted by molar-refractivity contribution is -0.0141. The maximum atomic E-state index is 12.2. The molecular weight excluding hydrogens is 366 g/mol. The van der Waals surface area contributed by atoms with Crippen LogP contribution in [0.3, 0.4) is 0 Å². The Morgan fingerprint density at radius 3 is 2.03 bits per heavy atom. The van der Waals surface area contributed by atoms with Crippen molar-refractivity contribution in [2.24, 2.45) is 0 Å². The van der Waals surface area contributed by atoms with Crippen LogP contribution in [0.5, 0.6) is 11.5 Å². The highest BCUT2D eigenvalue weighted by Crippen LogP contribution is 2.33. The number of rotatable bonds is 5. The average Bonchev–Trinajstić information content (AvgIpc) is 2.60. The van der Waals surface area contributed by atoms with Gasteiger partial charge in [-0.2, -0.15) is 0 Å². The molecule has 1 saturated heterocycles. The van der Waals surface area contributed by atoms with Crippen LogP contribution < -0.4 is 4.74 Å². The second-order valence-electron chi connectivity index (χ2n) is 9.12. The number of carbonyl (C=O) groups is 1. The molecule has 0 unspecified atom stereocenters. The van der Waals surface area contributed by atoms with Gasteiger partial charge >= 0.3 is 6.09 Å². The van der Waals surface area contributed by atoms with Crippen molar-refractivity contribution in [1.29, 1.82) is 0 Å². The highest BCUT2D eigenvalue weighted by Gasteiger charge is 2.35. The minimum Gasteiger partial charge on any atom is -0.508 e. The SMILES string of the molecule is CC(C)(C)OC(=O)N1CC[C@H]1COc1ccc(C(C)(C)c2ccc(O)cc2)cc1. The summed E-state index contributed by atoms with van der Waals surface area (Å²) < 4.78 is 11.4. The Morgan fingerprint density at radius 1 is 1.00 bits per heavy atom. The molecule has 5 heteroatoms. The summed E-state index contributed by atoms with van der Waals surface area (Å²) in [5.74, 6) is 1.05. The predicted molar refractivity (Wildman–Crippen MR) is 114 cm³/mol. The molecule has 1 atom stereocenters. The van der Waals surface area contributed by atoms with Crippen LogP contribution in [-0.4, -0.2) is 40.9 Å². The number of carbonyl (C=O) groups excluding carboxylic acids is 1. The van der Waals surface area contributed by atoms with E-state index in [-0.39, 0.29) is 23.3 Å². The lowest BCUT2D eigenvalue weighted by atomic mass is 9.78. The molecule has 0 bridgehead atoms. The molecule has 156 valence electrons. The van der Waals surface area contributed by atoms with Crippen LogP contribution in [0.25, 0.3) is 0 Å². The molecule has 1 aliphatic rings. The average molecular weight is 398 g/mol. The van der Waals surface area contributed by atoms with E-state index in [2.05, 4.69) is 26.0 Å². The molecule has 1 amide bonds. The van der Waals surface area contributed by atoms with E-state index in [0.717, 1.165) is 23.3 Å². The summed E-state index contributed by atoms with van der Waals surface area (Å²) in [4.78, 5) is 13.9. The van der Waals surface area contributed by atoms with Gasteiger partial charge < -0.3 is 19.5 Å². The fourth-order valence-corrected chi connectivity index (χ4v) is 3.38. The molecule has 0 aromatic heterocycles. The van der Waals surface area contributed by atoms with E-state index in [4.69, 9.17) is 9.47 Å². The Hall–Kier alpha value is -2.69. The molecular formula is C24H31NO4. The smallest absolute Gasteiger partial charge is 0.410 e. The van der Waals surface area contributed by atoms with E-state index >= 15 is 0 Å². The van der Waals surface area contributed by atoms with Crippen LogP contribution in [0.15, 0.2) is 48.5 Å². The molecule has 2 aromatic rings. The predicted octanol–water partition coefficient (Wildman–Crippen LogP) is 5.11. The third kappa shape index (κ3) is 5.03. The van der Waals surface area contributed by atoms with Crippen molar-refractivity contribution < 1.29 is 19.4 Å². The summed E-state index contributed by atoms with van der Waals surface area (Å²) in [6, 6.07) is 15.4. The first-order chi connectivity index (χ1) is 13.6. The minimum absolute atomic E-state index is 0.0537. The van der Waals surface area contributed by atoms with E-state index in [9.17, 15) is 9.90 Å². The molecule has 0 aliphatic carbocycles. The Balaban J connectivity index is 1.58. The van der Waals surface area contributed by atoms with Crippen LogP contribution >= 0.6 is 0 Å². The summed E-state index contributed by atoms with van der Waals surface area (Å²) in [6.07, 6.45) is 0.647. The van der Waals surface area contributed by atoms with Crippen molar-refractivity contribution in [3.63, 3.8) is 0 Å². The number of hydrogen-bond donors (Lipinski definition) is 1. The number of aromatic hydroxyl groups is 1. The van der Waals surface area contributed by atoms with E-state index in [1.165, 1.54) is 0 Å². The molecule has 1 heterocycles. The van der Waals surface area contributed by atoms with Crippen molar-refractivity contribution in [3.05, 3.63) is 59.7 Å². The molecule has 0 spiro atoms. The molecule has 0 saturated carbocycles. The van der Waals surface area contributed by atoms with Gasteiger partial charge in [0.2, 0.25) is 0 Å². The third-order valence-electron chi connectivity index (χ3n) is 5.38. The first kappa shape index (κ1) is 21.0. The second-order valence-corrected chi connectivity index (χ2v) is 9.12. The van der Waals surface area contributed by atoms with Crippen LogP contribution in [-0.2, 0) is 10.2 Å². The minimum atomic E-state index is -0.488. The molecule has 2 aromatic carbocycles. The van der Waals surface area contributed by atoms with Gasteiger partial charge in [-0.15, -0.1) is 0 Å². The number of likely N-dealkylation sites (tertiary alicyclic amines) is 1. The molecule has 29 heavy (non-hydrogen) atoms. The number of ether oxygens (including phenoxy) is 2. The maximum Gasteiger partial charge on any atom is 0.410 e. The monoisotopic (exact) mass is 397 g/mol. The van der Waals surface area contributed by atoms with Gasteiger partial charge in [0.25, 0.3) is 0 Å². The summed E-state index contributed by atoms with van der Waals surface area (Å²) in [5.41, 5.74) is 1.62. The zero-order valence-corrected chi connectivity index (χ0v) is 17.9. The van der Waals surface area contributed by atoms with Gasteiger partial charge in [0.05, 0.1) is 6.04 Å². The normalized spacial score (nSPS) is 16.9. The quantitative estimate of drug-likeness (QED) is 0.762. The summed E-state index contributed by atoms with van der Waals surface area (Å²) in [6.45, 7) is 11.1. The highest BCUT2D eigenvalue weighted by atomic mass is 16.6. The summed E-state index contributed by atoms with van der Waals surface area (Å²) >= 11 is 0. The highest BCUT2D eigenvalue weighted by molar-refractivity contribution is 5.69. The van der Waals surface area contributed by atoms with Crippen LogP contribution in [0.1, 0.15) is 52.2 Å². The first-order valence-electron chi connectivity index (χ1n) is 10.1. The maximum absolute atomic E-state index is 12.2. The van der Waals surface area contributed by atoms with Crippen LogP contribution in [0, 0.1) is 0 Å². The van der Waals surface area contributed by atoms with Gasteiger partial charge in [-0.1, -0.05) is 38.1 Å². The van der Waals surface area contributed by atoms with Crippen LogP contribution in [0.2, 0.25) is 0 Å². The first-order valence-corrected chi connectivity index (χ1v) is 10.1. The van der Waals surface area contributed by atoms with Crippen molar-refractivity contribution in [2.45, 2.75) is 58.1 Å². The largest absolute Gasteiger partial charge is 0.508 e. The number of hydrogen-bond acceptors (Lipinski definition) is 4. The van der Waals surface area contributed by atoms with E-state index in [0.29, 0.717) is 13.2 Å². The molecule has 5 nitrogen and oxygen atoms in total. The van der Waals surface area contributed by atoms with Gasteiger partial charge in [-0.3, -0.25) is 0 Å². The molecule has 1 N–H and O–H groups in total. The van der Waals surface area contributed by atoms with Crippen molar-refractivity contribution in [2.75, 3.05) is 13.2 Å². The van der Waals surface area contributed by atoms with Crippen molar-refractivity contribution in [1.82, 2.24) is 4.90 Å². The van der Waals surface area contributed by atoms with Crippen LogP contribution in [0.4, 0.5) is 4.79 Å². The molecule has 3 rings (SSSR count).